The van der Waals surface area contributed by atoms with Crippen LogP contribution >= 0.6 is 0 Å². The van der Waals surface area contributed by atoms with Crippen molar-refractivity contribution in [2.24, 2.45) is 11.1 Å². The first-order valence-corrected chi connectivity index (χ1v) is 6.39. The Bertz CT molecular complexity index is 452. The van der Waals surface area contributed by atoms with Crippen LogP contribution in [0.5, 0.6) is 5.75 Å². The van der Waals surface area contributed by atoms with Crippen molar-refractivity contribution in [3.8, 4) is 5.75 Å². The maximum absolute atomic E-state index is 13.3. The summed E-state index contributed by atoms with van der Waals surface area (Å²) < 4.78 is 18.4. The molecule has 20 heavy (non-hydrogen) atoms. The lowest BCUT2D eigenvalue weighted by atomic mass is 9.93. The predicted molar refractivity (Wildman–Crippen MR) is 73.7 cm³/mol. The zero-order chi connectivity index (χ0) is 15.2. The molecule has 1 rings (SSSR count). The van der Waals surface area contributed by atoms with Gasteiger partial charge in [0.1, 0.15) is 12.7 Å². The lowest BCUT2D eigenvalue weighted by Gasteiger charge is -2.22. The van der Waals surface area contributed by atoms with Crippen molar-refractivity contribution in [1.82, 2.24) is 5.32 Å². The van der Waals surface area contributed by atoms with E-state index in [1.54, 1.807) is 26.0 Å². The minimum atomic E-state index is -0.807. The topological polar surface area (TPSA) is 84.6 Å². The Morgan fingerprint density at radius 2 is 2.15 bits per heavy atom. The van der Waals surface area contributed by atoms with E-state index in [0.29, 0.717) is 6.54 Å². The highest BCUT2D eigenvalue weighted by Gasteiger charge is 2.24. The number of benzene rings is 1. The van der Waals surface area contributed by atoms with Crippen molar-refractivity contribution >= 4 is 5.91 Å². The van der Waals surface area contributed by atoms with Crippen LogP contribution in [0.25, 0.3) is 0 Å². The molecule has 0 spiro atoms. The van der Waals surface area contributed by atoms with Crippen molar-refractivity contribution in [3.63, 3.8) is 0 Å². The minimum Gasteiger partial charge on any atom is -0.488 e. The number of carbonyl (C=O) groups is 1. The fourth-order valence-electron chi connectivity index (χ4n) is 1.45. The molecular formula is C14H21FN2O3. The molecule has 0 saturated heterocycles. The van der Waals surface area contributed by atoms with Crippen LogP contribution in [0.1, 0.15) is 13.8 Å². The summed E-state index contributed by atoms with van der Waals surface area (Å²) in [6.45, 7) is 3.96. The third kappa shape index (κ3) is 5.14. The zero-order valence-corrected chi connectivity index (χ0v) is 11.7. The second kappa shape index (κ2) is 7.21. The number of halogens is 1. The number of para-hydroxylation sites is 1. The average Bonchev–Trinajstić information content (AvgIpc) is 2.37. The van der Waals surface area contributed by atoms with Crippen LogP contribution in [0, 0.1) is 11.2 Å². The summed E-state index contributed by atoms with van der Waals surface area (Å²) in [7, 11) is 0. The first-order chi connectivity index (χ1) is 9.33. The minimum absolute atomic E-state index is 0.0368. The van der Waals surface area contributed by atoms with Gasteiger partial charge in [0.2, 0.25) is 5.91 Å². The molecular weight excluding hydrogens is 263 g/mol. The van der Waals surface area contributed by atoms with Gasteiger partial charge in [-0.15, -0.1) is 0 Å². The maximum Gasteiger partial charge on any atom is 0.224 e. The number of amides is 1. The van der Waals surface area contributed by atoms with Crippen LogP contribution < -0.4 is 15.8 Å². The third-order valence-corrected chi connectivity index (χ3v) is 2.88. The fraction of sp³-hybridized carbons (Fsp3) is 0.500. The van der Waals surface area contributed by atoms with Gasteiger partial charge in [0.05, 0.1) is 5.41 Å². The van der Waals surface area contributed by atoms with E-state index in [1.165, 1.54) is 12.1 Å². The van der Waals surface area contributed by atoms with Gasteiger partial charge >= 0.3 is 0 Å². The molecule has 0 fully saturated rings. The van der Waals surface area contributed by atoms with Gasteiger partial charge in [-0.3, -0.25) is 4.79 Å². The molecule has 0 radical (unpaired) electrons. The molecule has 0 aliphatic rings. The van der Waals surface area contributed by atoms with Crippen LogP contribution in [0.15, 0.2) is 24.3 Å². The largest absolute Gasteiger partial charge is 0.488 e. The molecule has 6 heteroatoms. The van der Waals surface area contributed by atoms with Crippen LogP contribution in [0.4, 0.5) is 4.39 Å². The van der Waals surface area contributed by atoms with Gasteiger partial charge in [-0.25, -0.2) is 4.39 Å². The van der Waals surface area contributed by atoms with E-state index in [9.17, 15) is 14.3 Å². The number of hydrogen-bond donors (Lipinski definition) is 3. The smallest absolute Gasteiger partial charge is 0.224 e. The van der Waals surface area contributed by atoms with Crippen molar-refractivity contribution in [3.05, 3.63) is 30.1 Å². The molecule has 0 saturated carbocycles. The monoisotopic (exact) mass is 284 g/mol. The van der Waals surface area contributed by atoms with Gasteiger partial charge in [-0.1, -0.05) is 12.1 Å². The molecule has 5 nitrogen and oxygen atoms in total. The fourth-order valence-corrected chi connectivity index (χ4v) is 1.45. The normalized spacial score (nSPS) is 13.0. The molecule has 1 aromatic carbocycles. The highest BCUT2D eigenvalue weighted by molar-refractivity contribution is 5.80. The molecule has 4 N–H and O–H groups in total. The summed E-state index contributed by atoms with van der Waals surface area (Å²) in [6.07, 6.45) is -0.807. The van der Waals surface area contributed by atoms with Gasteiger partial charge in [-0.05, 0) is 26.0 Å². The van der Waals surface area contributed by atoms with Crippen molar-refractivity contribution < 1.29 is 19.0 Å². The molecule has 0 aliphatic carbocycles. The third-order valence-electron chi connectivity index (χ3n) is 2.88. The Morgan fingerprint density at radius 1 is 1.50 bits per heavy atom. The van der Waals surface area contributed by atoms with Crippen LogP contribution in [0.2, 0.25) is 0 Å². The number of ether oxygens (including phenoxy) is 1. The summed E-state index contributed by atoms with van der Waals surface area (Å²) in [5.41, 5.74) is 4.54. The molecule has 1 aromatic rings. The highest BCUT2D eigenvalue weighted by Crippen LogP contribution is 2.15. The molecule has 1 amide bonds. The molecule has 1 unspecified atom stereocenters. The Labute approximate surface area is 117 Å². The lowest BCUT2D eigenvalue weighted by molar-refractivity contribution is -0.125. The van der Waals surface area contributed by atoms with E-state index in [2.05, 4.69) is 5.32 Å². The number of aliphatic hydroxyl groups excluding tert-OH is 1. The molecule has 0 aliphatic heterocycles. The van der Waals surface area contributed by atoms with Crippen molar-refractivity contribution in [2.75, 3.05) is 19.7 Å². The molecule has 112 valence electrons. The first-order valence-electron chi connectivity index (χ1n) is 6.39. The second-order valence-corrected chi connectivity index (χ2v) is 5.27. The number of aliphatic hydroxyl groups is 1. The SMILES string of the molecule is CC(C)(CNCC(O)COc1ccccc1F)C(N)=O. The van der Waals surface area contributed by atoms with Crippen LogP contribution in [0.3, 0.4) is 0 Å². The summed E-state index contributed by atoms with van der Waals surface area (Å²) in [5, 5.41) is 12.6. The quantitative estimate of drug-likeness (QED) is 0.655. The Balaban J connectivity index is 2.29. The molecule has 1 atom stereocenters. The number of nitrogens with two attached hydrogens (primary N) is 1. The molecule has 0 aromatic heterocycles. The van der Waals surface area contributed by atoms with Crippen molar-refractivity contribution in [1.29, 1.82) is 0 Å². The van der Waals surface area contributed by atoms with Gasteiger partial charge in [0.15, 0.2) is 11.6 Å². The van der Waals surface area contributed by atoms with Gasteiger partial charge in [0.25, 0.3) is 0 Å². The molecule has 0 bridgehead atoms. The van der Waals surface area contributed by atoms with Gasteiger partial charge in [-0.2, -0.15) is 0 Å². The second-order valence-electron chi connectivity index (χ2n) is 5.27. The number of rotatable bonds is 8. The van der Waals surface area contributed by atoms with E-state index in [-0.39, 0.29) is 18.9 Å². The van der Waals surface area contributed by atoms with Gasteiger partial charge < -0.3 is 20.9 Å². The summed E-state index contributed by atoms with van der Waals surface area (Å²) in [6, 6.07) is 5.99. The average molecular weight is 284 g/mol. The number of carbonyl (C=O) groups excluding carboxylic acids is 1. The van der Waals surface area contributed by atoms with E-state index >= 15 is 0 Å². The summed E-state index contributed by atoms with van der Waals surface area (Å²) in [5.74, 6) is -0.784. The Kier molecular flexibility index (Phi) is 5.91. The van der Waals surface area contributed by atoms with E-state index in [0.717, 1.165) is 0 Å². The highest BCUT2D eigenvalue weighted by atomic mass is 19.1. The van der Waals surface area contributed by atoms with Crippen molar-refractivity contribution in [2.45, 2.75) is 20.0 Å². The summed E-state index contributed by atoms with van der Waals surface area (Å²) in [4.78, 5) is 11.1. The predicted octanol–water partition coefficient (Wildman–Crippen LogP) is 0.667. The number of hydrogen-bond acceptors (Lipinski definition) is 4. The van der Waals surface area contributed by atoms with E-state index in [4.69, 9.17) is 10.5 Å². The standard InChI is InChI=1S/C14H21FN2O3/c1-14(2,13(16)19)9-17-7-10(18)8-20-12-6-4-3-5-11(12)15/h3-6,10,17-18H,7-9H2,1-2H3,(H2,16,19). The zero-order valence-electron chi connectivity index (χ0n) is 11.7. The molecule has 0 heterocycles. The first kappa shape index (κ1) is 16.4. The summed E-state index contributed by atoms with van der Waals surface area (Å²) >= 11 is 0. The van der Waals surface area contributed by atoms with E-state index in [1.807, 2.05) is 0 Å². The Morgan fingerprint density at radius 3 is 2.75 bits per heavy atom. The Hall–Kier alpha value is -1.66. The lowest BCUT2D eigenvalue weighted by Crippen LogP contribution is -2.43. The number of nitrogens with one attached hydrogen (secondary N) is 1. The van der Waals surface area contributed by atoms with E-state index < -0.39 is 23.2 Å². The number of primary amides is 1. The van der Waals surface area contributed by atoms with Crippen LogP contribution in [-0.2, 0) is 4.79 Å². The van der Waals surface area contributed by atoms with Gasteiger partial charge in [0, 0.05) is 13.1 Å². The maximum atomic E-state index is 13.3. The van der Waals surface area contributed by atoms with Crippen LogP contribution in [-0.4, -0.2) is 36.8 Å².